The highest BCUT2D eigenvalue weighted by Crippen LogP contribution is 2.34. The van der Waals surface area contributed by atoms with Crippen molar-refractivity contribution in [3.63, 3.8) is 0 Å². The minimum Gasteiger partial charge on any atom is -0.338 e. The topological polar surface area (TPSA) is 49.3 Å². The third kappa shape index (κ3) is 4.76. The van der Waals surface area contributed by atoms with Gasteiger partial charge in [-0.15, -0.1) is 0 Å². The molecule has 1 aromatic heterocycles. The van der Waals surface area contributed by atoms with Gasteiger partial charge in [0.2, 0.25) is 5.95 Å². The number of carbonyl (C=O) groups is 1. The lowest BCUT2D eigenvalue weighted by molar-refractivity contribution is 0.0962. The number of Topliss-reactive ketones (excluding diaryl/α,β-unsaturated/α-hetero) is 1. The third-order valence-electron chi connectivity index (χ3n) is 7.28. The zero-order valence-corrected chi connectivity index (χ0v) is 20.5. The normalized spacial score (nSPS) is 18.9. The average Bonchev–Trinajstić information content (AvgIpc) is 2.84. The van der Waals surface area contributed by atoms with E-state index in [-0.39, 0.29) is 11.7 Å². The van der Waals surface area contributed by atoms with Crippen LogP contribution >= 0.6 is 0 Å². The second-order valence-electron chi connectivity index (χ2n) is 10.0. The average molecular weight is 455 g/mol. The number of hydrogen-bond acceptors (Lipinski definition) is 5. The second kappa shape index (κ2) is 9.67. The van der Waals surface area contributed by atoms with E-state index in [2.05, 4.69) is 78.2 Å². The summed E-state index contributed by atoms with van der Waals surface area (Å²) in [4.78, 5) is 27.6. The molecule has 2 heterocycles. The maximum absolute atomic E-state index is 13.1. The van der Waals surface area contributed by atoms with Gasteiger partial charge in [0.15, 0.2) is 5.78 Å². The summed E-state index contributed by atoms with van der Waals surface area (Å²) < 4.78 is 0. The van der Waals surface area contributed by atoms with E-state index in [1.807, 2.05) is 6.92 Å². The van der Waals surface area contributed by atoms with Crippen molar-refractivity contribution in [1.82, 2.24) is 14.9 Å². The summed E-state index contributed by atoms with van der Waals surface area (Å²) in [6.45, 7) is 11.1. The Morgan fingerprint density at radius 2 is 1.62 bits per heavy atom. The molecule has 3 aromatic rings. The fourth-order valence-corrected chi connectivity index (χ4v) is 5.24. The maximum Gasteiger partial charge on any atom is 0.225 e. The largest absolute Gasteiger partial charge is 0.338 e. The number of hydrogen-bond donors (Lipinski definition) is 0. The van der Waals surface area contributed by atoms with Crippen LogP contribution in [0.2, 0.25) is 0 Å². The molecule has 0 N–H and O–H groups in total. The van der Waals surface area contributed by atoms with Crippen LogP contribution in [0.25, 0.3) is 0 Å². The van der Waals surface area contributed by atoms with Crippen molar-refractivity contribution in [2.24, 2.45) is 0 Å². The Morgan fingerprint density at radius 1 is 0.912 bits per heavy atom. The Balaban J connectivity index is 1.30. The first-order chi connectivity index (χ1) is 16.5. The molecule has 1 aliphatic heterocycles. The van der Waals surface area contributed by atoms with Crippen LogP contribution in [0, 0.1) is 6.92 Å². The number of carbonyl (C=O) groups excluding carboxylic acids is 1. The fraction of sp³-hybridized carbons (Fsp3) is 0.414. The number of aryl methyl sites for hydroxylation is 1. The summed E-state index contributed by atoms with van der Waals surface area (Å²) in [5, 5.41) is 0. The van der Waals surface area contributed by atoms with Gasteiger partial charge in [0.05, 0.1) is 17.0 Å². The first-order valence-corrected chi connectivity index (χ1v) is 12.5. The van der Waals surface area contributed by atoms with Crippen LogP contribution in [0.1, 0.15) is 70.5 Å². The number of fused-ring (bicyclic) bond motifs is 1. The van der Waals surface area contributed by atoms with Gasteiger partial charge in [-0.2, -0.15) is 0 Å². The van der Waals surface area contributed by atoms with Gasteiger partial charge in [-0.1, -0.05) is 68.4 Å². The predicted molar refractivity (Wildman–Crippen MR) is 137 cm³/mol. The number of aromatic nitrogens is 2. The molecule has 5 nitrogen and oxygen atoms in total. The lowest BCUT2D eigenvalue weighted by Gasteiger charge is -2.35. The lowest BCUT2D eigenvalue weighted by Crippen LogP contribution is -2.46. The smallest absolute Gasteiger partial charge is 0.225 e. The van der Waals surface area contributed by atoms with Crippen molar-refractivity contribution in [2.75, 3.05) is 31.1 Å². The van der Waals surface area contributed by atoms with Crippen molar-refractivity contribution < 1.29 is 4.79 Å². The zero-order chi connectivity index (χ0) is 23.7. The summed E-state index contributed by atoms with van der Waals surface area (Å²) in [6, 6.07) is 19.4. The van der Waals surface area contributed by atoms with Crippen molar-refractivity contribution >= 4 is 11.7 Å². The quantitative estimate of drug-likeness (QED) is 0.534. The number of benzene rings is 2. The summed E-state index contributed by atoms with van der Waals surface area (Å²) in [5.74, 6) is 1.65. The molecule has 2 aliphatic rings. The fourth-order valence-electron chi connectivity index (χ4n) is 5.24. The summed E-state index contributed by atoms with van der Waals surface area (Å²) in [7, 11) is 0. The number of ketones is 1. The van der Waals surface area contributed by atoms with Gasteiger partial charge >= 0.3 is 0 Å². The van der Waals surface area contributed by atoms with Gasteiger partial charge in [-0.05, 0) is 41.9 Å². The highest BCUT2D eigenvalue weighted by molar-refractivity contribution is 5.99. The molecule has 5 rings (SSSR count). The molecule has 0 amide bonds. The molecule has 1 atom stereocenters. The van der Waals surface area contributed by atoms with Gasteiger partial charge in [-0.25, -0.2) is 9.97 Å². The van der Waals surface area contributed by atoms with Crippen LogP contribution < -0.4 is 4.90 Å². The van der Waals surface area contributed by atoms with Crippen molar-refractivity contribution in [3.8, 4) is 0 Å². The Morgan fingerprint density at radius 3 is 2.29 bits per heavy atom. The minimum absolute atomic E-state index is 0.177. The molecule has 34 heavy (non-hydrogen) atoms. The zero-order valence-electron chi connectivity index (χ0n) is 20.5. The SMILES string of the molecule is Cc1nc(N2CCN(Cc3ccccc3)CC2)nc2c1C(=O)C[C@@H](c1ccc(C(C)C)cc1)C2. The lowest BCUT2D eigenvalue weighted by atomic mass is 9.81. The van der Waals surface area contributed by atoms with Crippen LogP contribution in [0.3, 0.4) is 0 Å². The summed E-state index contributed by atoms with van der Waals surface area (Å²) in [6.07, 6.45) is 1.34. The van der Waals surface area contributed by atoms with E-state index in [9.17, 15) is 4.79 Å². The monoisotopic (exact) mass is 454 g/mol. The van der Waals surface area contributed by atoms with Gasteiger partial charge < -0.3 is 4.90 Å². The Bertz CT molecular complexity index is 1150. The molecule has 5 heteroatoms. The van der Waals surface area contributed by atoms with Crippen molar-refractivity contribution in [1.29, 1.82) is 0 Å². The highest BCUT2D eigenvalue weighted by atomic mass is 16.1. The number of rotatable bonds is 5. The molecule has 1 aliphatic carbocycles. The van der Waals surface area contributed by atoms with Crippen LogP contribution in [0.15, 0.2) is 54.6 Å². The number of anilines is 1. The summed E-state index contributed by atoms with van der Waals surface area (Å²) >= 11 is 0. The molecular formula is C29H34N4O. The molecule has 0 bridgehead atoms. The first-order valence-electron chi connectivity index (χ1n) is 12.5. The minimum atomic E-state index is 0.177. The van der Waals surface area contributed by atoms with Crippen molar-refractivity contribution in [2.45, 2.75) is 52.0 Å². The van der Waals surface area contributed by atoms with E-state index >= 15 is 0 Å². The molecular weight excluding hydrogens is 420 g/mol. The van der Waals surface area contributed by atoms with Crippen LogP contribution in [-0.2, 0) is 13.0 Å². The summed E-state index contributed by atoms with van der Waals surface area (Å²) in [5.41, 5.74) is 6.41. The highest BCUT2D eigenvalue weighted by Gasteiger charge is 2.31. The first kappa shape index (κ1) is 22.7. The molecule has 0 radical (unpaired) electrons. The molecule has 176 valence electrons. The van der Waals surface area contributed by atoms with Crippen molar-refractivity contribution in [3.05, 3.63) is 88.2 Å². The molecule has 2 aromatic carbocycles. The Kier molecular flexibility index (Phi) is 6.46. The molecule has 0 unspecified atom stereocenters. The van der Waals surface area contributed by atoms with Crippen LogP contribution in [0.5, 0.6) is 0 Å². The predicted octanol–water partition coefficient (Wildman–Crippen LogP) is 5.14. The molecule has 1 saturated heterocycles. The van der Waals surface area contributed by atoms with Gasteiger partial charge in [0, 0.05) is 39.1 Å². The van der Waals surface area contributed by atoms with Gasteiger partial charge in [-0.3, -0.25) is 9.69 Å². The van der Waals surface area contributed by atoms with E-state index in [4.69, 9.17) is 9.97 Å². The Hall–Kier alpha value is -3.05. The molecule has 0 saturated carbocycles. The second-order valence-corrected chi connectivity index (χ2v) is 10.0. The van der Waals surface area contributed by atoms with E-state index in [1.165, 1.54) is 16.7 Å². The molecule has 1 fully saturated rings. The molecule has 0 spiro atoms. The van der Waals surface area contributed by atoms with Gasteiger partial charge in [0.25, 0.3) is 0 Å². The standard InChI is InChI=1S/C29H34N4O/c1-20(2)23-9-11-24(12-10-23)25-17-26-28(27(34)18-25)21(3)30-29(31-26)33-15-13-32(14-16-33)19-22-7-5-4-6-8-22/h4-12,20,25H,13-19H2,1-3H3/t25-/m0/s1. The Labute approximate surface area is 202 Å². The van der Waals surface area contributed by atoms with E-state index < -0.39 is 0 Å². The van der Waals surface area contributed by atoms with Gasteiger partial charge in [0.1, 0.15) is 0 Å². The third-order valence-corrected chi connectivity index (χ3v) is 7.28. The van der Waals surface area contributed by atoms with Crippen LogP contribution in [0.4, 0.5) is 5.95 Å². The van der Waals surface area contributed by atoms with E-state index in [1.54, 1.807) is 0 Å². The van der Waals surface area contributed by atoms with E-state index in [0.29, 0.717) is 12.3 Å². The number of nitrogens with zero attached hydrogens (tertiary/aromatic N) is 4. The maximum atomic E-state index is 13.1. The van der Waals surface area contributed by atoms with Crippen LogP contribution in [-0.4, -0.2) is 46.8 Å². The number of piperazine rings is 1. The van der Waals surface area contributed by atoms with E-state index in [0.717, 1.165) is 62.0 Å².